The number of hydrogen-bond donors (Lipinski definition) is 1. The van der Waals surface area contributed by atoms with E-state index in [1.807, 2.05) is 0 Å². The Balaban J connectivity index is 3.72. The molecule has 0 aliphatic heterocycles. The second kappa shape index (κ2) is 9.75. The van der Waals surface area contributed by atoms with Crippen molar-refractivity contribution in [3.05, 3.63) is 12.7 Å². The second-order valence-electron chi connectivity index (χ2n) is 4.05. The third-order valence-corrected chi connectivity index (χ3v) is 2.58. The molecule has 1 amide bonds. The average Bonchev–Trinajstić information content (AvgIpc) is 2.24. The van der Waals surface area contributed by atoms with Crippen molar-refractivity contribution < 1.29 is 4.79 Å². The van der Waals surface area contributed by atoms with E-state index in [9.17, 15) is 4.79 Å². The highest BCUT2D eigenvalue weighted by Gasteiger charge is 2.08. The topological polar surface area (TPSA) is 29.1 Å². The van der Waals surface area contributed by atoms with Crippen LogP contribution in [0.1, 0.15) is 58.8 Å². The minimum Gasteiger partial charge on any atom is -0.350 e. The first kappa shape index (κ1) is 14.2. The van der Waals surface area contributed by atoms with Gasteiger partial charge in [0, 0.05) is 6.04 Å². The van der Waals surface area contributed by atoms with Gasteiger partial charge in [-0.2, -0.15) is 0 Å². The molecule has 0 aromatic rings. The Hall–Kier alpha value is -0.790. The average molecular weight is 211 g/mol. The molecule has 0 saturated carbocycles. The quantitative estimate of drug-likeness (QED) is 0.459. The monoisotopic (exact) mass is 211 g/mol. The summed E-state index contributed by atoms with van der Waals surface area (Å²) in [5, 5.41) is 2.99. The maximum absolute atomic E-state index is 11.2. The maximum atomic E-state index is 11.2. The van der Waals surface area contributed by atoms with Gasteiger partial charge in [0.05, 0.1) is 0 Å². The fraction of sp³-hybridized carbons (Fsp3) is 0.769. The van der Waals surface area contributed by atoms with E-state index in [0.717, 1.165) is 19.3 Å². The number of nitrogens with one attached hydrogen (secondary N) is 1. The maximum Gasteiger partial charge on any atom is 0.243 e. The predicted octanol–water partition coefficient (Wildman–Crippen LogP) is 3.43. The molecule has 0 aromatic heterocycles. The zero-order chi connectivity index (χ0) is 11.5. The van der Waals surface area contributed by atoms with Crippen LogP contribution in [0.5, 0.6) is 0 Å². The lowest BCUT2D eigenvalue weighted by atomic mass is 10.0. The van der Waals surface area contributed by atoms with Crippen LogP contribution in [0.15, 0.2) is 12.7 Å². The van der Waals surface area contributed by atoms with E-state index in [4.69, 9.17) is 0 Å². The van der Waals surface area contributed by atoms with Gasteiger partial charge in [0.15, 0.2) is 0 Å². The van der Waals surface area contributed by atoms with Gasteiger partial charge in [-0.3, -0.25) is 4.79 Å². The predicted molar refractivity (Wildman–Crippen MR) is 65.8 cm³/mol. The molecule has 0 aromatic carbocycles. The Bertz CT molecular complexity index is 177. The molecule has 0 radical (unpaired) electrons. The van der Waals surface area contributed by atoms with Crippen molar-refractivity contribution in [2.24, 2.45) is 0 Å². The van der Waals surface area contributed by atoms with Crippen LogP contribution in [0.4, 0.5) is 0 Å². The van der Waals surface area contributed by atoms with Gasteiger partial charge in [-0.25, -0.2) is 0 Å². The lowest BCUT2D eigenvalue weighted by Crippen LogP contribution is -2.33. The SMILES string of the molecule is C=CC(=O)NC(CCC)CCCCCC. The van der Waals surface area contributed by atoms with Crippen LogP contribution in [-0.4, -0.2) is 11.9 Å². The zero-order valence-corrected chi connectivity index (χ0v) is 10.2. The molecule has 0 aliphatic rings. The van der Waals surface area contributed by atoms with Gasteiger partial charge >= 0.3 is 0 Å². The molecule has 1 unspecified atom stereocenters. The Morgan fingerprint density at radius 1 is 1.20 bits per heavy atom. The fourth-order valence-electron chi connectivity index (χ4n) is 1.71. The molecule has 2 nitrogen and oxygen atoms in total. The summed E-state index contributed by atoms with van der Waals surface area (Å²) in [7, 11) is 0. The normalized spacial score (nSPS) is 12.1. The van der Waals surface area contributed by atoms with E-state index < -0.39 is 0 Å². The van der Waals surface area contributed by atoms with E-state index in [1.165, 1.54) is 31.8 Å². The standard InChI is InChI=1S/C13H25NO/c1-4-7-8-9-11-12(10-5-2)14-13(15)6-3/h6,12H,3-5,7-11H2,1-2H3,(H,14,15). The van der Waals surface area contributed by atoms with Crippen molar-refractivity contribution in [3.63, 3.8) is 0 Å². The molecule has 1 atom stereocenters. The van der Waals surface area contributed by atoms with Crippen molar-refractivity contribution in [2.75, 3.05) is 0 Å². The highest BCUT2D eigenvalue weighted by molar-refractivity contribution is 5.87. The Kier molecular flexibility index (Phi) is 9.24. The summed E-state index contributed by atoms with van der Waals surface area (Å²) in [6.45, 7) is 7.83. The minimum absolute atomic E-state index is 0.0380. The van der Waals surface area contributed by atoms with E-state index >= 15 is 0 Å². The van der Waals surface area contributed by atoms with E-state index in [0.29, 0.717) is 6.04 Å². The molecule has 0 spiro atoms. The van der Waals surface area contributed by atoms with Crippen LogP contribution in [0, 0.1) is 0 Å². The molecule has 2 heteroatoms. The van der Waals surface area contributed by atoms with Crippen molar-refractivity contribution >= 4 is 5.91 Å². The molecule has 0 fully saturated rings. The number of hydrogen-bond acceptors (Lipinski definition) is 1. The van der Waals surface area contributed by atoms with E-state index in [1.54, 1.807) is 0 Å². The lowest BCUT2D eigenvalue weighted by molar-refractivity contribution is -0.117. The second-order valence-corrected chi connectivity index (χ2v) is 4.05. The summed E-state index contributed by atoms with van der Waals surface area (Å²) in [6.07, 6.45) is 9.71. The summed E-state index contributed by atoms with van der Waals surface area (Å²) >= 11 is 0. The summed E-state index contributed by atoms with van der Waals surface area (Å²) in [5.41, 5.74) is 0. The molecular weight excluding hydrogens is 186 g/mol. The van der Waals surface area contributed by atoms with Crippen LogP contribution in [0.2, 0.25) is 0 Å². The zero-order valence-electron chi connectivity index (χ0n) is 10.2. The number of unbranched alkanes of at least 4 members (excludes halogenated alkanes) is 3. The molecule has 0 aliphatic carbocycles. The van der Waals surface area contributed by atoms with Gasteiger partial charge in [0.25, 0.3) is 0 Å². The van der Waals surface area contributed by atoms with Crippen molar-refractivity contribution in [1.82, 2.24) is 5.32 Å². The van der Waals surface area contributed by atoms with Gasteiger partial charge in [-0.05, 0) is 18.9 Å². The van der Waals surface area contributed by atoms with Gasteiger partial charge in [0.1, 0.15) is 0 Å². The Morgan fingerprint density at radius 2 is 1.93 bits per heavy atom. The molecule has 0 bridgehead atoms. The van der Waals surface area contributed by atoms with E-state index in [-0.39, 0.29) is 5.91 Å². The van der Waals surface area contributed by atoms with Crippen LogP contribution in [-0.2, 0) is 4.79 Å². The molecule has 0 saturated heterocycles. The first-order valence-corrected chi connectivity index (χ1v) is 6.17. The molecule has 0 heterocycles. The number of carbonyl (C=O) groups excluding carboxylic acids is 1. The van der Waals surface area contributed by atoms with Gasteiger partial charge in [-0.1, -0.05) is 52.5 Å². The summed E-state index contributed by atoms with van der Waals surface area (Å²) in [6, 6.07) is 0.345. The Labute approximate surface area is 94.1 Å². The molecule has 88 valence electrons. The molecule has 1 N–H and O–H groups in total. The minimum atomic E-state index is -0.0380. The van der Waals surface area contributed by atoms with Crippen molar-refractivity contribution in [2.45, 2.75) is 64.8 Å². The lowest BCUT2D eigenvalue weighted by Gasteiger charge is -2.16. The summed E-state index contributed by atoms with van der Waals surface area (Å²) in [4.78, 5) is 11.2. The third-order valence-electron chi connectivity index (χ3n) is 2.58. The van der Waals surface area contributed by atoms with Gasteiger partial charge in [0.2, 0.25) is 5.91 Å². The third kappa shape index (κ3) is 8.22. The fourth-order valence-corrected chi connectivity index (χ4v) is 1.71. The number of carbonyl (C=O) groups is 1. The highest BCUT2D eigenvalue weighted by Crippen LogP contribution is 2.09. The van der Waals surface area contributed by atoms with Crippen LogP contribution in [0.25, 0.3) is 0 Å². The van der Waals surface area contributed by atoms with Gasteiger partial charge in [-0.15, -0.1) is 0 Å². The highest BCUT2D eigenvalue weighted by atomic mass is 16.1. The van der Waals surface area contributed by atoms with E-state index in [2.05, 4.69) is 25.7 Å². The first-order chi connectivity index (χ1) is 7.24. The largest absolute Gasteiger partial charge is 0.350 e. The number of rotatable bonds is 9. The van der Waals surface area contributed by atoms with Crippen molar-refractivity contribution in [3.8, 4) is 0 Å². The number of amides is 1. The Morgan fingerprint density at radius 3 is 2.47 bits per heavy atom. The van der Waals surface area contributed by atoms with Gasteiger partial charge < -0.3 is 5.32 Å². The van der Waals surface area contributed by atoms with Crippen LogP contribution < -0.4 is 5.32 Å². The summed E-state index contributed by atoms with van der Waals surface area (Å²) in [5.74, 6) is -0.0380. The smallest absolute Gasteiger partial charge is 0.243 e. The molecule has 0 rings (SSSR count). The van der Waals surface area contributed by atoms with Crippen LogP contribution >= 0.6 is 0 Å². The van der Waals surface area contributed by atoms with Crippen LogP contribution in [0.3, 0.4) is 0 Å². The molecule has 15 heavy (non-hydrogen) atoms. The molecular formula is C13H25NO. The first-order valence-electron chi connectivity index (χ1n) is 6.17. The van der Waals surface area contributed by atoms with Crippen molar-refractivity contribution in [1.29, 1.82) is 0 Å². The summed E-state index contributed by atoms with van der Waals surface area (Å²) < 4.78 is 0.